The molecule has 0 fully saturated rings. The molecule has 1 amide bonds. The van der Waals surface area contributed by atoms with E-state index in [0.29, 0.717) is 17.9 Å². The number of hydrogen-bond donors (Lipinski definition) is 1. The van der Waals surface area contributed by atoms with Crippen LogP contribution in [0.3, 0.4) is 0 Å². The SMILES string of the molecule is CCOC1=C([C@@H](NC(=O)OC(C)(C)C)c2ccccc2OC)C(=O)CO1. The summed E-state index contributed by atoms with van der Waals surface area (Å²) in [5.74, 6) is 0.376. The molecule has 0 bridgehead atoms. The van der Waals surface area contributed by atoms with Gasteiger partial charge in [-0.3, -0.25) is 4.79 Å². The maximum atomic E-state index is 12.4. The summed E-state index contributed by atoms with van der Waals surface area (Å²) >= 11 is 0. The number of carbonyl (C=O) groups is 2. The van der Waals surface area contributed by atoms with Gasteiger partial charge in [-0.25, -0.2) is 4.79 Å². The molecule has 0 aromatic heterocycles. The first kappa shape index (κ1) is 19.6. The summed E-state index contributed by atoms with van der Waals surface area (Å²) in [6, 6.07) is 6.29. The van der Waals surface area contributed by atoms with Crippen LogP contribution < -0.4 is 10.1 Å². The fraction of sp³-hybridized carbons (Fsp3) is 0.474. The summed E-state index contributed by atoms with van der Waals surface area (Å²) in [5.41, 5.74) is 0.164. The molecule has 0 saturated carbocycles. The molecule has 0 unspecified atom stereocenters. The van der Waals surface area contributed by atoms with Crippen LogP contribution in [0.15, 0.2) is 35.8 Å². The molecule has 7 nitrogen and oxygen atoms in total. The lowest BCUT2D eigenvalue weighted by molar-refractivity contribution is -0.117. The standard InChI is InChI=1S/C19H25NO6/c1-6-24-17-15(13(21)11-25-17)16(20-18(22)26-19(2,3)4)12-9-7-8-10-14(12)23-5/h7-10,16H,6,11H2,1-5H3,(H,20,22)/t16-/m0/s1. The minimum Gasteiger partial charge on any atom is -0.496 e. The third-order valence-electron chi connectivity index (χ3n) is 3.53. The van der Waals surface area contributed by atoms with E-state index in [2.05, 4.69) is 5.32 Å². The second kappa shape index (κ2) is 8.12. The second-order valence-electron chi connectivity index (χ2n) is 6.67. The molecule has 1 aromatic rings. The van der Waals surface area contributed by atoms with Crippen LogP contribution in [0, 0.1) is 0 Å². The molecule has 142 valence electrons. The molecule has 1 aromatic carbocycles. The zero-order chi connectivity index (χ0) is 19.3. The maximum absolute atomic E-state index is 12.4. The van der Waals surface area contributed by atoms with Gasteiger partial charge in [-0.05, 0) is 33.8 Å². The number of para-hydroxylation sites is 1. The van der Waals surface area contributed by atoms with E-state index in [-0.39, 0.29) is 23.9 Å². The highest BCUT2D eigenvalue weighted by molar-refractivity contribution is 6.00. The summed E-state index contributed by atoms with van der Waals surface area (Å²) in [4.78, 5) is 24.8. The second-order valence-corrected chi connectivity index (χ2v) is 6.67. The van der Waals surface area contributed by atoms with E-state index in [9.17, 15) is 9.59 Å². The number of alkyl carbamates (subject to hydrolysis) is 1. The van der Waals surface area contributed by atoms with Gasteiger partial charge in [0.05, 0.1) is 19.8 Å². The number of hydrogen-bond acceptors (Lipinski definition) is 6. The van der Waals surface area contributed by atoms with Gasteiger partial charge in [0.25, 0.3) is 5.95 Å². The molecule has 0 spiro atoms. The summed E-state index contributed by atoms with van der Waals surface area (Å²) in [5, 5.41) is 2.75. The molecule has 0 aliphatic carbocycles. The van der Waals surface area contributed by atoms with Crippen molar-refractivity contribution in [3.8, 4) is 5.75 Å². The van der Waals surface area contributed by atoms with Crippen LogP contribution in [-0.2, 0) is 19.0 Å². The van der Waals surface area contributed by atoms with Crippen molar-refractivity contribution in [2.24, 2.45) is 0 Å². The van der Waals surface area contributed by atoms with Crippen LogP contribution in [0.5, 0.6) is 5.75 Å². The Hall–Kier alpha value is -2.70. The van der Waals surface area contributed by atoms with Crippen molar-refractivity contribution >= 4 is 11.9 Å². The molecule has 7 heteroatoms. The van der Waals surface area contributed by atoms with Gasteiger partial charge >= 0.3 is 6.09 Å². The van der Waals surface area contributed by atoms with Crippen molar-refractivity contribution < 1.29 is 28.5 Å². The van der Waals surface area contributed by atoms with Crippen LogP contribution in [0.4, 0.5) is 4.79 Å². The fourth-order valence-electron chi connectivity index (χ4n) is 2.57. The van der Waals surface area contributed by atoms with Crippen molar-refractivity contribution in [3.63, 3.8) is 0 Å². The van der Waals surface area contributed by atoms with E-state index in [1.807, 2.05) is 0 Å². The zero-order valence-electron chi connectivity index (χ0n) is 15.8. The summed E-state index contributed by atoms with van der Waals surface area (Å²) in [6.07, 6.45) is -0.656. The molecule has 2 rings (SSSR count). The Morgan fingerprint density at radius 1 is 1.31 bits per heavy atom. The molecular weight excluding hydrogens is 338 g/mol. The molecule has 1 atom stereocenters. The Balaban J connectivity index is 2.47. The van der Waals surface area contributed by atoms with Crippen molar-refractivity contribution in [2.75, 3.05) is 20.3 Å². The van der Waals surface area contributed by atoms with Crippen molar-refractivity contribution in [1.29, 1.82) is 0 Å². The van der Waals surface area contributed by atoms with Crippen LogP contribution in [0.25, 0.3) is 0 Å². The molecular formula is C19H25NO6. The largest absolute Gasteiger partial charge is 0.496 e. The van der Waals surface area contributed by atoms with E-state index in [1.54, 1.807) is 52.0 Å². The quantitative estimate of drug-likeness (QED) is 0.836. The van der Waals surface area contributed by atoms with Gasteiger partial charge in [0.15, 0.2) is 6.61 Å². The van der Waals surface area contributed by atoms with Crippen LogP contribution >= 0.6 is 0 Å². The third-order valence-corrected chi connectivity index (χ3v) is 3.53. The Kier molecular flexibility index (Phi) is 6.13. The number of rotatable bonds is 6. The minimum absolute atomic E-state index is 0.115. The number of benzene rings is 1. The minimum atomic E-state index is -0.822. The smallest absolute Gasteiger partial charge is 0.408 e. The Morgan fingerprint density at radius 3 is 2.62 bits per heavy atom. The van der Waals surface area contributed by atoms with E-state index < -0.39 is 17.7 Å². The van der Waals surface area contributed by atoms with Crippen molar-refractivity contribution in [2.45, 2.75) is 39.3 Å². The third kappa shape index (κ3) is 4.68. The number of carbonyl (C=O) groups excluding carboxylic acids is 2. The van der Waals surface area contributed by atoms with Gasteiger partial charge < -0.3 is 24.3 Å². The van der Waals surface area contributed by atoms with Gasteiger partial charge in [-0.1, -0.05) is 18.2 Å². The summed E-state index contributed by atoms with van der Waals surface area (Å²) in [6.45, 7) is 7.28. The number of nitrogens with one attached hydrogen (secondary N) is 1. The first-order chi connectivity index (χ1) is 12.3. The first-order valence-electron chi connectivity index (χ1n) is 8.42. The van der Waals surface area contributed by atoms with Gasteiger partial charge in [0, 0.05) is 5.56 Å². The molecule has 1 aliphatic heterocycles. The Labute approximate surface area is 153 Å². The summed E-state index contributed by atoms with van der Waals surface area (Å²) < 4.78 is 21.5. The average molecular weight is 363 g/mol. The number of ether oxygens (including phenoxy) is 4. The summed E-state index contributed by atoms with van der Waals surface area (Å²) in [7, 11) is 1.52. The normalized spacial score (nSPS) is 15.3. The molecule has 1 aliphatic rings. The lowest BCUT2D eigenvalue weighted by Gasteiger charge is -2.25. The first-order valence-corrected chi connectivity index (χ1v) is 8.42. The van der Waals surface area contributed by atoms with Crippen molar-refractivity contribution in [3.05, 3.63) is 41.3 Å². The predicted octanol–water partition coefficient (Wildman–Crippen LogP) is 3.11. The monoisotopic (exact) mass is 363 g/mol. The van der Waals surface area contributed by atoms with Gasteiger partial charge in [0.2, 0.25) is 5.78 Å². The highest BCUT2D eigenvalue weighted by Crippen LogP contribution is 2.35. The van der Waals surface area contributed by atoms with Crippen LogP contribution in [-0.4, -0.2) is 37.8 Å². The average Bonchev–Trinajstić information content (AvgIpc) is 2.92. The van der Waals surface area contributed by atoms with Gasteiger partial charge in [0.1, 0.15) is 16.9 Å². The predicted molar refractivity (Wildman–Crippen MR) is 94.7 cm³/mol. The van der Waals surface area contributed by atoms with Crippen molar-refractivity contribution in [1.82, 2.24) is 5.32 Å². The molecule has 0 saturated heterocycles. The lowest BCUT2D eigenvalue weighted by atomic mass is 9.96. The number of amides is 1. The molecule has 1 heterocycles. The van der Waals surface area contributed by atoms with E-state index in [0.717, 1.165) is 0 Å². The van der Waals surface area contributed by atoms with E-state index in [1.165, 1.54) is 7.11 Å². The number of Topliss-reactive ketones (excluding diaryl/α,β-unsaturated/α-hetero) is 1. The van der Waals surface area contributed by atoms with Gasteiger partial charge in [-0.2, -0.15) is 0 Å². The molecule has 0 radical (unpaired) electrons. The fourth-order valence-corrected chi connectivity index (χ4v) is 2.57. The lowest BCUT2D eigenvalue weighted by Crippen LogP contribution is -2.37. The number of ketones is 1. The Bertz CT molecular complexity index is 704. The van der Waals surface area contributed by atoms with Crippen LogP contribution in [0.2, 0.25) is 0 Å². The zero-order valence-corrected chi connectivity index (χ0v) is 15.8. The molecule has 1 N–H and O–H groups in total. The van der Waals surface area contributed by atoms with E-state index in [4.69, 9.17) is 18.9 Å². The maximum Gasteiger partial charge on any atom is 0.408 e. The Morgan fingerprint density at radius 2 is 2.00 bits per heavy atom. The highest BCUT2D eigenvalue weighted by atomic mass is 16.7. The van der Waals surface area contributed by atoms with E-state index >= 15 is 0 Å². The molecule has 26 heavy (non-hydrogen) atoms. The highest BCUT2D eigenvalue weighted by Gasteiger charge is 2.37. The van der Waals surface area contributed by atoms with Crippen LogP contribution in [0.1, 0.15) is 39.3 Å². The number of methoxy groups -OCH3 is 1. The topological polar surface area (TPSA) is 83.1 Å². The van der Waals surface area contributed by atoms with Gasteiger partial charge in [-0.15, -0.1) is 0 Å².